The number of benzene rings is 8. The molecule has 8 aromatic carbocycles. The Bertz CT molecular complexity index is 5130. The minimum atomic E-state index is -3.57. The second kappa shape index (κ2) is 47.7. The Balaban J connectivity index is 0.882. The van der Waals surface area contributed by atoms with Gasteiger partial charge in [-0.05, 0) is 39.0 Å². The van der Waals surface area contributed by atoms with E-state index in [9.17, 15) is 36.2 Å². The third-order valence-corrected chi connectivity index (χ3v) is 45.4. The molecule has 135 heavy (non-hydrogen) atoms. The summed E-state index contributed by atoms with van der Waals surface area (Å²) in [6.07, 6.45) is -19.9. The number of hydrogen-bond acceptors (Lipinski definition) is 23. The molecule has 5 heterocycles. The van der Waals surface area contributed by atoms with Crippen LogP contribution >= 0.6 is 16.9 Å². The first-order valence-electron chi connectivity index (χ1n) is 46.4. The molecule has 29 nitrogen and oxygen atoms in total. The van der Waals surface area contributed by atoms with E-state index in [1.807, 2.05) is 160 Å². The molecule has 0 radical (unpaired) electrons. The van der Waals surface area contributed by atoms with Crippen LogP contribution in [0.1, 0.15) is 106 Å². The SMILES string of the molecule is CO[C@@H]1OC(CO[Si](c2ccccc2)(c2ccccc2)C(C)(C)C)[C@@H](O[C@@H]2OC(CO)[C@@H](O[C@@H]3OC(CO[Si](c4ccccc4)(c4ccccc4)C(C)(C)C)[C@@H](O[C@@H]4OC(CO)[C@@H](O[C@@H]5OC(CO[Si](c6ccccc6)(c6ccccc6)C(C)(C)C)[C@@H](C)[C@H](PBB=O)C5N=[N+]=[N-])[C@H](C)C4OC(=O)c4ccccc4)[C@H](C)C3N=[N+]=[N-])[C@@H](OCc3ccccc3)C2C)[C@H](PBB=O)C1N=[N+]=[N-]. The molecule has 0 bridgehead atoms. The first-order chi connectivity index (χ1) is 65.1. The number of hydrogen-bond donors (Lipinski definition) is 2. The van der Waals surface area contributed by atoms with Crippen LogP contribution < -0.4 is 31.1 Å². The van der Waals surface area contributed by atoms with Crippen molar-refractivity contribution in [2.24, 2.45) is 39.0 Å². The van der Waals surface area contributed by atoms with Crippen LogP contribution in [0.5, 0.6) is 0 Å². The van der Waals surface area contributed by atoms with E-state index < -0.39 is 205 Å². The number of carbonyl (C=O) groups excluding carboxylic acids is 1. The summed E-state index contributed by atoms with van der Waals surface area (Å²) >= 11 is 0. The van der Waals surface area contributed by atoms with Crippen molar-refractivity contribution in [3.63, 3.8) is 0 Å². The molecule has 712 valence electrons. The van der Waals surface area contributed by atoms with Gasteiger partial charge in [0.05, 0.1) is 6.61 Å². The molecule has 0 amide bonds. The molecule has 0 spiro atoms. The quantitative estimate of drug-likeness (QED) is 0.00899. The predicted octanol–water partition coefficient (Wildman–Crippen LogP) is 12.6. The van der Waals surface area contributed by atoms with E-state index in [0.717, 1.165) is 50.8 Å². The normalized spacial score (nSPS) is 29.2. The minimum absolute atomic E-state index is 0.00583. The van der Waals surface area contributed by atoms with Gasteiger partial charge in [-0.25, -0.2) is 0 Å². The van der Waals surface area contributed by atoms with E-state index in [1.54, 1.807) is 37.3 Å². The molecular weight excluding hydrogens is 1800 g/mol. The number of azide groups is 3. The number of esters is 1. The Morgan fingerprint density at radius 1 is 0.393 bits per heavy atom. The van der Waals surface area contributed by atoms with Gasteiger partial charge in [-0.3, -0.25) is 0 Å². The van der Waals surface area contributed by atoms with Gasteiger partial charge in [-0.1, -0.05) is 130 Å². The van der Waals surface area contributed by atoms with Gasteiger partial charge in [-0.15, -0.1) is 0 Å². The van der Waals surface area contributed by atoms with Gasteiger partial charge in [0.1, 0.15) is 6.10 Å². The summed E-state index contributed by atoms with van der Waals surface area (Å²) in [6.45, 7) is 25.4. The standard InChI is InChI=1S/C97H125B4N9O20P2Si3/c1-61-75(58-118-133(95(5,6)7,67-43-27-17-28-44-67)68-45-29-18-30-46-68)123-93(79(106-109-103)87(61)131-100-98-114)127-82-63(3)84(126-89(113)66-41-25-16-26-42-66)94(122-73(82)55-111)128-81-62(2)78(105-108-102)92(125-76(81)59-119-134(96(8,9)10,69-47-31-19-32-48-69)70-49-33-20-34-50-70)129-85-74(56-112)121-90(64(4)83(85)117-57-65-39-23-15-24-40-65)130-86-77(124-91(116-14)80(107-110-104)88(86)132-101-99-115)60-120-135(97(11,12)13,71-51-35-21-36-52-71)72-53-37-22-38-54-72/h15-54,61-64,73-88,90-94,100-101,111-112,131-132H,55-60H2,1-14H3/t61-,62-,63+,64?,73?,74?,75?,76?,77?,78?,79?,80?,81+,82+,83+,84?,85-,86-,87+,88-,90+,91-,92+,93+,94+/m1/s1. The average molecular weight is 1930 g/mol. The number of ether oxygens (including phenoxy) is 12. The third kappa shape index (κ3) is 23.2. The van der Waals surface area contributed by atoms with Gasteiger partial charge in [0.25, 0.3) is 8.32 Å². The maximum absolute atomic E-state index is 15.1. The van der Waals surface area contributed by atoms with E-state index in [2.05, 4.69) is 165 Å². The number of aliphatic hydroxyl groups excluding tert-OH is 2. The molecule has 0 saturated carbocycles. The zero-order chi connectivity index (χ0) is 96.2. The van der Waals surface area contributed by atoms with Crippen molar-refractivity contribution >= 4 is 107 Å². The monoisotopic (exact) mass is 1930 g/mol. The van der Waals surface area contributed by atoms with Crippen LogP contribution in [0.25, 0.3) is 31.3 Å². The Hall–Kier alpha value is -8.11. The average Bonchev–Trinajstić information content (AvgIpc) is 0.744. The Morgan fingerprint density at radius 2 is 0.726 bits per heavy atom. The molecule has 5 fully saturated rings. The summed E-state index contributed by atoms with van der Waals surface area (Å²) < 4.78 is 134. The van der Waals surface area contributed by atoms with E-state index >= 15 is 4.79 Å². The fourth-order valence-corrected chi connectivity index (χ4v) is 36.9. The van der Waals surface area contributed by atoms with Crippen LogP contribution in [0.3, 0.4) is 0 Å². The fourth-order valence-electron chi connectivity index (χ4n) is 20.4. The van der Waals surface area contributed by atoms with Crippen molar-refractivity contribution in [3.05, 3.63) is 285 Å². The first kappa shape index (κ1) is 104. The van der Waals surface area contributed by atoms with Gasteiger partial charge in [0, 0.05) is 4.91 Å². The molecule has 13 rings (SSSR count). The number of methoxy groups -OCH3 is 1. The van der Waals surface area contributed by atoms with E-state index in [1.165, 1.54) is 7.11 Å². The molecule has 5 saturated heterocycles. The van der Waals surface area contributed by atoms with Crippen LogP contribution in [0.15, 0.2) is 258 Å². The number of aliphatic hydroxyl groups is 2. The summed E-state index contributed by atoms with van der Waals surface area (Å²) in [4.78, 5) is 25.3. The molecule has 0 aliphatic carbocycles. The zero-order valence-electron chi connectivity index (χ0n) is 79.1. The summed E-state index contributed by atoms with van der Waals surface area (Å²) in [5.41, 5.74) is 31.7. The van der Waals surface area contributed by atoms with Crippen LogP contribution in [0.4, 0.5) is 0 Å². The van der Waals surface area contributed by atoms with Crippen molar-refractivity contribution in [3.8, 4) is 0 Å². The summed E-state index contributed by atoms with van der Waals surface area (Å²) in [5, 5.41) is 41.9. The molecule has 8 aromatic rings. The molecule has 5 aliphatic heterocycles. The molecule has 12 unspecified atom stereocenters. The van der Waals surface area contributed by atoms with Crippen LogP contribution in [-0.2, 0) is 86.1 Å². The Kier molecular flexibility index (Phi) is 36.8. The molecule has 38 heteroatoms. The molecule has 0 aromatic heterocycles. The van der Waals surface area contributed by atoms with Crippen molar-refractivity contribution in [1.82, 2.24) is 0 Å². The number of nitrogens with zero attached hydrogens (tertiary/aromatic N) is 9. The summed E-state index contributed by atoms with van der Waals surface area (Å²) in [7, 11) is -7.29. The Labute approximate surface area is 800 Å². The van der Waals surface area contributed by atoms with E-state index in [4.69, 9.17) is 70.1 Å². The number of carbonyl (C=O) groups is 1. The fraction of sp³-hybridized carbons (Fsp3) is 0.495. The summed E-state index contributed by atoms with van der Waals surface area (Å²) in [5.74, 6) is -3.94. The van der Waals surface area contributed by atoms with Gasteiger partial charge in [-0.2, -0.15) is 0 Å². The molecule has 5 aliphatic rings. The van der Waals surface area contributed by atoms with Crippen molar-refractivity contribution in [1.29, 1.82) is 0 Å². The van der Waals surface area contributed by atoms with Crippen molar-refractivity contribution < 1.29 is 94.5 Å². The molecular formula is C97H125B4N9O20P2Si3. The van der Waals surface area contributed by atoms with E-state index in [-0.39, 0.29) is 68.6 Å². The van der Waals surface area contributed by atoms with Gasteiger partial charge >= 0.3 is 606 Å². The molecule has 2 N–H and O–H groups in total. The van der Waals surface area contributed by atoms with Gasteiger partial charge in [0.2, 0.25) is 0 Å². The summed E-state index contributed by atoms with van der Waals surface area (Å²) in [6, 6.07) is 75.2. The van der Waals surface area contributed by atoms with Crippen molar-refractivity contribution in [2.75, 3.05) is 40.1 Å². The van der Waals surface area contributed by atoms with Gasteiger partial charge < -0.3 is 4.43 Å². The predicted molar refractivity (Wildman–Crippen MR) is 532 cm³/mol. The van der Waals surface area contributed by atoms with Gasteiger partial charge in [0.15, 0.2) is 0 Å². The number of rotatable bonds is 40. The maximum atomic E-state index is 15.1. The Morgan fingerprint density at radius 3 is 1.15 bits per heavy atom. The first-order valence-corrected chi connectivity index (χ1v) is 54.7. The third-order valence-electron chi connectivity index (χ3n) is 27.1. The second-order valence-electron chi connectivity index (χ2n) is 38.4. The molecule has 27 atom stereocenters. The zero-order valence-corrected chi connectivity index (χ0v) is 84.1. The van der Waals surface area contributed by atoms with Crippen LogP contribution in [0, 0.1) is 23.7 Å². The van der Waals surface area contributed by atoms with Crippen LogP contribution in [-0.4, -0.2) is 237 Å². The van der Waals surface area contributed by atoms with E-state index in [0.29, 0.717) is 0 Å². The topological polar surface area (TPSA) is 376 Å². The van der Waals surface area contributed by atoms with Crippen molar-refractivity contribution in [2.45, 2.75) is 240 Å². The second-order valence-corrected chi connectivity index (χ2v) is 54.2. The van der Waals surface area contributed by atoms with Crippen LogP contribution in [0.2, 0.25) is 15.1 Å².